The number of hydrogen-bond acceptors (Lipinski definition) is 3. The largest absolute Gasteiger partial charge is 0.375 e. The Balaban J connectivity index is 2.65. The van der Waals surface area contributed by atoms with Gasteiger partial charge in [0, 0.05) is 18.9 Å². The van der Waals surface area contributed by atoms with Gasteiger partial charge in [0.05, 0.1) is 6.07 Å². The van der Waals surface area contributed by atoms with E-state index >= 15 is 0 Å². The first-order chi connectivity index (χ1) is 4.69. The summed E-state index contributed by atoms with van der Waals surface area (Å²) in [5, 5.41) is 21.3. The van der Waals surface area contributed by atoms with E-state index in [0.29, 0.717) is 6.42 Å². The SMILES string of the molecule is CC1CNCCC1(O)C#N. The predicted octanol–water partition coefficient (Wildman–Crippen LogP) is -0.130. The van der Waals surface area contributed by atoms with Crippen molar-refractivity contribution in [3.05, 3.63) is 0 Å². The standard InChI is InChI=1S/C7H12N2O/c1-6-4-9-3-2-7(6,10)5-8/h6,9-10H,2-4H2,1H3. The van der Waals surface area contributed by atoms with E-state index in [9.17, 15) is 5.11 Å². The van der Waals surface area contributed by atoms with Gasteiger partial charge in [0.2, 0.25) is 0 Å². The van der Waals surface area contributed by atoms with Gasteiger partial charge in [0.25, 0.3) is 0 Å². The Kier molecular flexibility index (Phi) is 1.93. The van der Waals surface area contributed by atoms with Gasteiger partial charge in [-0.1, -0.05) is 6.92 Å². The maximum Gasteiger partial charge on any atom is 0.156 e. The van der Waals surface area contributed by atoms with E-state index in [4.69, 9.17) is 5.26 Å². The predicted molar refractivity (Wildman–Crippen MR) is 37.2 cm³/mol. The first-order valence-electron chi connectivity index (χ1n) is 3.53. The van der Waals surface area contributed by atoms with E-state index in [1.807, 2.05) is 13.0 Å². The van der Waals surface area contributed by atoms with Crippen LogP contribution in [0.25, 0.3) is 0 Å². The second-order valence-corrected chi connectivity index (χ2v) is 2.89. The minimum atomic E-state index is -1.08. The van der Waals surface area contributed by atoms with Gasteiger partial charge in [0.15, 0.2) is 5.60 Å². The highest BCUT2D eigenvalue weighted by Gasteiger charge is 2.35. The number of hydrogen-bond donors (Lipinski definition) is 2. The number of nitrogens with one attached hydrogen (secondary N) is 1. The van der Waals surface area contributed by atoms with Crippen molar-refractivity contribution < 1.29 is 5.11 Å². The Morgan fingerprint density at radius 2 is 2.50 bits per heavy atom. The Labute approximate surface area is 60.7 Å². The summed E-state index contributed by atoms with van der Waals surface area (Å²) in [7, 11) is 0. The van der Waals surface area contributed by atoms with Crippen LogP contribution >= 0.6 is 0 Å². The van der Waals surface area contributed by atoms with Crippen LogP contribution in [-0.2, 0) is 0 Å². The molecule has 1 rings (SSSR count). The Hall–Kier alpha value is -0.590. The van der Waals surface area contributed by atoms with Gasteiger partial charge < -0.3 is 10.4 Å². The van der Waals surface area contributed by atoms with Gasteiger partial charge in [0.1, 0.15) is 0 Å². The topological polar surface area (TPSA) is 56.0 Å². The van der Waals surface area contributed by atoms with E-state index in [1.54, 1.807) is 0 Å². The minimum absolute atomic E-state index is 0.0475. The first-order valence-corrected chi connectivity index (χ1v) is 3.53. The first kappa shape index (κ1) is 7.52. The molecule has 1 aliphatic rings. The van der Waals surface area contributed by atoms with Crippen molar-refractivity contribution in [1.82, 2.24) is 5.32 Å². The summed E-state index contributed by atoms with van der Waals surface area (Å²) in [4.78, 5) is 0. The third-order valence-electron chi connectivity index (χ3n) is 2.14. The summed E-state index contributed by atoms with van der Waals surface area (Å²) >= 11 is 0. The van der Waals surface area contributed by atoms with Crippen LogP contribution in [0.5, 0.6) is 0 Å². The van der Waals surface area contributed by atoms with Crippen LogP contribution in [0.15, 0.2) is 0 Å². The lowest BCUT2D eigenvalue weighted by Gasteiger charge is -2.32. The zero-order valence-electron chi connectivity index (χ0n) is 6.09. The van der Waals surface area contributed by atoms with Crippen LogP contribution in [0.2, 0.25) is 0 Å². The monoisotopic (exact) mass is 140 g/mol. The molecule has 1 aliphatic heterocycles. The molecule has 0 saturated carbocycles. The molecule has 0 aliphatic carbocycles. The maximum absolute atomic E-state index is 9.55. The molecule has 0 aromatic heterocycles. The van der Waals surface area contributed by atoms with Gasteiger partial charge in [-0.15, -0.1) is 0 Å². The molecular weight excluding hydrogens is 128 g/mol. The second kappa shape index (κ2) is 2.57. The average molecular weight is 140 g/mol. The molecule has 3 nitrogen and oxygen atoms in total. The molecule has 0 amide bonds. The third kappa shape index (κ3) is 1.13. The highest BCUT2D eigenvalue weighted by atomic mass is 16.3. The molecule has 1 heterocycles. The van der Waals surface area contributed by atoms with Crippen LogP contribution < -0.4 is 5.32 Å². The number of nitrogens with zero attached hydrogens (tertiary/aromatic N) is 1. The minimum Gasteiger partial charge on any atom is -0.375 e. The molecule has 0 bridgehead atoms. The van der Waals surface area contributed by atoms with Crippen LogP contribution in [-0.4, -0.2) is 23.8 Å². The van der Waals surface area contributed by atoms with E-state index in [1.165, 1.54) is 0 Å². The van der Waals surface area contributed by atoms with Gasteiger partial charge in [-0.3, -0.25) is 0 Å². The summed E-state index contributed by atoms with van der Waals surface area (Å²) in [5.41, 5.74) is -1.08. The number of nitriles is 1. The molecule has 1 saturated heterocycles. The molecule has 2 N–H and O–H groups in total. The Morgan fingerprint density at radius 3 is 2.90 bits per heavy atom. The zero-order chi connectivity index (χ0) is 7.61. The van der Waals surface area contributed by atoms with E-state index < -0.39 is 5.60 Å². The van der Waals surface area contributed by atoms with Crippen molar-refractivity contribution in [2.45, 2.75) is 18.9 Å². The van der Waals surface area contributed by atoms with Gasteiger partial charge in [-0.25, -0.2) is 0 Å². The molecule has 2 unspecified atom stereocenters. The fraction of sp³-hybridized carbons (Fsp3) is 0.857. The van der Waals surface area contributed by atoms with Crippen LogP contribution in [0, 0.1) is 17.2 Å². The van der Waals surface area contributed by atoms with Crippen molar-refractivity contribution >= 4 is 0 Å². The van der Waals surface area contributed by atoms with E-state index in [-0.39, 0.29) is 5.92 Å². The lowest BCUT2D eigenvalue weighted by molar-refractivity contribution is 0.0189. The zero-order valence-corrected chi connectivity index (χ0v) is 6.09. The lowest BCUT2D eigenvalue weighted by atomic mass is 9.84. The smallest absolute Gasteiger partial charge is 0.156 e. The van der Waals surface area contributed by atoms with Crippen molar-refractivity contribution in [3.63, 3.8) is 0 Å². The average Bonchev–Trinajstić information content (AvgIpc) is 1.96. The van der Waals surface area contributed by atoms with Crippen molar-refractivity contribution in [2.75, 3.05) is 13.1 Å². The lowest BCUT2D eigenvalue weighted by Crippen LogP contribution is -2.47. The number of rotatable bonds is 0. The summed E-state index contributed by atoms with van der Waals surface area (Å²) in [6.07, 6.45) is 0.546. The fourth-order valence-corrected chi connectivity index (χ4v) is 1.18. The maximum atomic E-state index is 9.55. The highest BCUT2D eigenvalue weighted by molar-refractivity contribution is 5.06. The Morgan fingerprint density at radius 1 is 1.80 bits per heavy atom. The third-order valence-corrected chi connectivity index (χ3v) is 2.14. The second-order valence-electron chi connectivity index (χ2n) is 2.89. The Bertz CT molecular complexity index is 163. The number of piperidine rings is 1. The van der Waals surface area contributed by atoms with Gasteiger partial charge >= 0.3 is 0 Å². The fourth-order valence-electron chi connectivity index (χ4n) is 1.18. The molecule has 10 heavy (non-hydrogen) atoms. The van der Waals surface area contributed by atoms with Gasteiger partial charge in [-0.2, -0.15) is 5.26 Å². The molecule has 56 valence electrons. The quantitative estimate of drug-likeness (QED) is 0.461. The van der Waals surface area contributed by atoms with Crippen molar-refractivity contribution in [2.24, 2.45) is 5.92 Å². The molecule has 1 fully saturated rings. The summed E-state index contributed by atoms with van der Waals surface area (Å²) < 4.78 is 0. The van der Waals surface area contributed by atoms with E-state index in [2.05, 4.69) is 5.32 Å². The molecule has 0 spiro atoms. The summed E-state index contributed by atoms with van der Waals surface area (Å²) in [6, 6.07) is 1.95. The molecule has 0 aromatic rings. The van der Waals surface area contributed by atoms with Crippen LogP contribution in [0.3, 0.4) is 0 Å². The van der Waals surface area contributed by atoms with Gasteiger partial charge in [-0.05, 0) is 6.54 Å². The van der Waals surface area contributed by atoms with Crippen molar-refractivity contribution in [1.29, 1.82) is 5.26 Å². The normalized spacial score (nSPS) is 40.7. The highest BCUT2D eigenvalue weighted by Crippen LogP contribution is 2.22. The number of aliphatic hydroxyl groups is 1. The molecule has 2 atom stereocenters. The molecule has 3 heteroatoms. The van der Waals surface area contributed by atoms with E-state index in [0.717, 1.165) is 13.1 Å². The van der Waals surface area contributed by atoms with Crippen LogP contribution in [0.1, 0.15) is 13.3 Å². The van der Waals surface area contributed by atoms with Crippen molar-refractivity contribution in [3.8, 4) is 6.07 Å². The molecule has 0 radical (unpaired) electrons. The van der Waals surface area contributed by atoms with Crippen LogP contribution in [0.4, 0.5) is 0 Å². The summed E-state index contributed by atoms with van der Waals surface area (Å²) in [6.45, 7) is 3.37. The molecule has 0 aromatic carbocycles. The molecular formula is C7H12N2O. The summed E-state index contributed by atoms with van der Waals surface area (Å²) in [5.74, 6) is 0.0475.